The quantitative estimate of drug-likeness (QED) is 0.578. The SMILES string of the molecule is [Pt].[V].[V].[V]. The standard InChI is InChI=1S/Pt.3V. The Morgan fingerprint density at radius 3 is 0.500 bits per heavy atom. The Kier molecular flexibility index (Phi) is 144. The van der Waals surface area contributed by atoms with Crippen molar-refractivity contribution < 1.29 is 76.7 Å². The normalized spacial score (nSPS) is 0. The number of hydrogen-bond acceptors (Lipinski definition) is 0. The summed E-state index contributed by atoms with van der Waals surface area (Å²) >= 11 is 0. The van der Waals surface area contributed by atoms with E-state index in [-0.39, 0.29) is 76.7 Å². The molecule has 0 fully saturated rings. The maximum atomic E-state index is 0. The van der Waals surface area contributed by atoms with Crippen LogP contribution in [0, 0.1) is 0 Å². The van der Waals surface area contributed by atoms with Crippen molar-refractivity contribution in [1.82, 2.24) is 0 Å². The van der Waals surface area contributed by atoms with E-state index in [0.717, 1.165) is 0 Å². The Balaban J connectivity index is 0. The monoisotopic (exact) mass is 348 g/mol. The summed E-state index contributed by atoms with van der Waals surface area (Å²) in [5.74, 6) is 0. The Hall–Kier alpha value is 2.44. The Labute approximate surface area is 75.8 Å². The van der Waals surface area contributed by atoms with Gasteiger partial charge in [-0.1, -0.05) is 0 Å². The molecule has 0 unspecified atom stereocenters. The molecular formula is PtV3. The van der Waals surface area contributed by atoms with Crippen molar-refractivity contribution in [3.05, 3.63) is 0 Å². The third-order valence-electron chi connectivity index (χ3n) is 0. The van der Waals surface area contributed by atoms with Crippen LogP contribution in [0.4, 0.5) is 0 Å². The minimum Gasteiger partial charge on any atom is 0 e. The molecule has 0 heterocycles. The predicted molar refractivity (Wildman–Crippen MR) is 0 cm³/mol. The zero-order valence-electron chi connectivity index (χ0n) is 1.66. The second-order valence-corrected chi connectivity index (χ2v) is 0. The largest absolute Gasteiger partial charge is 0 e. The summed E-state index contributed by atoms with van der Waals surface area (Å²) in [6.07, 6.45) is 0. The van der Waals surface area contributed by atoms with Crippen molar-refractivity contribution in [2.45, 2.75) is 0 Å². The maximum absolute atomic E-state index is 0. The molecule has 0 nitrogen and oxygen atoms in total. The molecule has 0 amide bonds. The van der Waals surface area contributed by atoms with E-state index in [2.05, 4.69) is 0 Å². The number of rotatable bonds is 0. The Morgan fingerprint density at radius 2 is 0.500 bits per heavy atom. The van der Waals surface area contributed by atoms with Crippen LogP contribution in [-0.4, -0.2) is 0 Å². The summed E-state index contributed by atoms with van der Waals surface area (Å²) in [5, 5.41) is 0. The van der Waals surface area contributed by atoms with Crippen LogP contribution in [0.2, 0.25) is 0 Å². The first-order chi connectivity index (χ1) is 0. The van der Waals surface area contributed by atoms with E-state index in [1.807, 2.05) is 0 Å². The van der Waals surface area contributed by atoms with Crippen LogP contribution in [0.1, 0.15) is 0 Å². The van der Waals surface area contributed by atoms with Gasteiger partial charge >= 0.3 is 0 Å². The summed E-state index contributed by atoms with van der Waals surface area (Å²) in [5.41, 5.74) is 0. The topological polar surface area (TPSA) is 0 Å². The first kappa shape index (κ1) is 32.0. The van der Waals surface area contributed by atoms with Gasteiger partial charge in [0.1, 0.15) is 0 Å². The predicted octanol–water partition coefficient (Wildman–Crippen LogP) is -0.0100. The fourth-order valence-corrected chi connectivity index (χ4v) is 0. The van der Waals surface area contributed by atoms with E-state index >= 15 is 0 Å². The maximum Gasteiger partial charge on any atom is 0 e. The van der Waals surface area contributed by atoms with Crippen molar-refractivity contribution in [3.63, 3.8) is 0 Å². The van der Waals surface area contributed by atoms with Crippen molar-refractivity contribution in [2.24, 2.45) is 0 Å². The van der Waals surface area contributed by atoms with E-state index in [9.17, 15) is 0 Å². The average molecular weight is 348 g/mol. The minimum atomic E-state index is 0. The fraction of sp³-hybridized carbons (Fsp3) is 0. The van der Waals surface area contributed by atoms with Gasteiger partial charge in [-0.3, -0.25) is 0 Å². The van der Waals surface area contributed by atoms with E-state index in [1.54, 1.807) is 0 Å². The molecule has 0 spiro atoms. The van der Waals surface area contributed by atoms with Gasteiger partial charge in [0, 0.05) is 76.7 Å². The molecule has 4 heteroatoms. The zero-order valence-corrected chi connectivity index (χ0v) is 8.12. The molecule has 0 aromatic heterocycles. The molecule has 0 aliphatic carbocycles. The molecule has 0 aromatic carbocycles. The molecule has 0 bridgehead atoms. The first-order valence-electron chi connectivity index (χ1n) is 0. The fourth-order valence-electron chi connectivity index (χ4n) is 0. The van der Waals surface area contributed by atoms with Gasteiger partial charge in [-0.05, 0) is 0 Å². The zero-order chi connectivity index (χ0) is 0. The van der Waals surface area contributed by atoms with E-state index in [0.29, 0.717) is 0 Å². The van der Waals surface area contributed by atoms with Gasteiger partial charge in [-0.2, -0.15) is 0 Å². The van der Waals surface area contributed by atoms with Crippen LogP contribution < -0.4 is 0 Å². The van der Waals surface area contributed by atoms with Crippen molar-refractivity contribution in [3.8, 4) is 0 Å². The van der Waals surface area contributed by atoms with Gasteiger partial charge in [0.2, 0.25) is 0 Å². The molecule has 3 radical (unpaired) electrons. The average Bonchev–Trinajstić information content (AvgIpc) is 0. The van der Waals surface area contributed by atoms with Crippen LogP contribution >= 0.6 is 0 Å². The minimum absolute atomic E-state index is 0. The van der Waals surface area contributed by atoms with Crippen molar-refractivity contribution in [2.75, 3.05) is 0 Å². The Bertz CT molecular complexity index is 3.25. The second-order valence-electron chi connectivity index (χ2n) is 0. The molecule has 0 saturated carbocycles. The molecule has 0 aromatic rings. The van der Waals surface area contributed by atoms with Crippen LogP contribution in [-0.2, 0) is 76.7 Å². The molecule has 4 heavy (non-hydrogen) atoms. The van der Waals surface area contributed by atoms with E-state index < -0.39 is 0 Å². The molecular weight excluding hydrogens is 348 g/mol. The third kappa shape index (κ3) is 8.82. The number of hydrogen-bond donors (Lipinski definition) is 0. The van der Waals surface area contributed by atoms with E-state index in [1.165, 1.54) is 0 Å². The Morgan fingerprint density at radius 1 is 0.500 bits per heavy atom. The second kappa shape index (κ2) is 18.0. The summed E-state index contributed by atoms with van der Waals surface area (Å²) in [7, 11) is 0. The van der Waals surface area contributed by atoms with Gasteiger partial charge in [0.25, 0.3) is 0 Å². The summed E-state index contributed by atoms with van der Waals surface area (Å²) in [4.78, 5) is 0. The van der Waals surface area contributed by atoms with Gasteiger partial charge in [0.15, 0.2) is 0 Å². The van der Waals surface area contributed by atoms with E-state index in [4.69, 9.17) is 0 Å². The smallest absolute Gasteiger partial charge is 0 e. The molecule has 0 N–H and O–H groups in total. The molecule has 0 aliphatic heterocycles. The van der Waals surface area contributed by atoms with Gasteiger partial charge < -0.3 is 0 Å². The molecule has 0 aliphatic rings. The van der Waals surface area contributed by atoms with Crippen LogP contribution in [0.3, 0.4) is 0 Å². The molecule has 0 rings (SSSR count). The summed E-state index contributed by atoms with van der Waals surface area (Å²) in [6.45, 7) is 0. The van der Waals surface area contributed by atoms with Crippen LogP contribution in [0.15, 0.2) is 0 Å². The van der Waals surface area contributed by atoms with Crippen LogP contribution in [0.25, 0.3) is 0 Å². The van der Waals surface area contributed by atoms with Gasteiger partial charge in [-0.15, -0.1) is 0 Å². The van der Waals surface area contributed by atoms with Crippen molar-refractivity contribution >= 4 is 0 Å². The van der Waals surface area contributed by atoms with Crippen molar-refractivity contribution in [1.29, 1.82) is 0 Å². The molecule has 0 saturated heterocycles. The molecule has 0 atom stereocenters. The van der Waals surface area contributed by atoms with Gasteiger partial charge in [0.05, 0.1) is 0 Å². The summed E-state index contributed by atoms with van der Waals surface area (Å²) in [6, 6.07) is 0. The third-order valence-corrected chi connectivity index (χ3v) is 0. The van der Waals surface area contributed by atoms with Crippen LogP contribution in [0.5, 0.6) is 0 Å². The first-order valence-corrected chi connectivity index (χ1v) is 0. The molecule has 25 valence electrons. The van der Waals surface area contributed by atoms with Gasteiger partial charge in [-0.25, -0.2) is 0 Å². The summed E-state index contributed by atoms with van der Waals surface area (Å²) < 4.78 is 0.